The molecule has 0 bridgehead atoms. The summed E-state index contributed by atoms with van der Waals surface area (Å²) >= 11 is 0. The zero-order valence-electron chi connectivity index (χ0n) is 14.9. The summed E-state index contributed by atoms with van der Waals surface area (Å²) in [6.07, 6.45) is 0.902. The Bertz CT molecular complexity index is 579. The Labute approximate surface area is 143 Å². The molecule has 1 aliphatic heterocycles. The molecule has 5 nitrogen and oxygen atoms in total. The first-order chi connectivity index (χ1) is 11.2. The first kappa shape index (κ1) is 18.5. The number of benzene rings is 1. The van der Waals surface area contributed by atoms with Crippen molar-refractivity contribution >= 4 is 11.9 Å². The fraction of sp³-hybridized carbons (Fsp3) is 0.579. The van der Waals surface area contributed by atoms with Crippen LogP contribution in [0.2, 0.25) is 0 Å². The van der Waals surface area contributed by atoms with Crippen molar-refractivity contribution < 1.29 is 23.8 Å². The summed E-state index contributed by atoms with van der Waals surface area (Å²) < 4.78 is 15.8. The van der Waals surface area contributed by atoms with Crippen molar-refractivity contribution in [3.05, 3.63) is 35.4 Å². The summed E-state index contributed by atoms with van der Waals surface area (Å²) in [5.74, 6) is -0.552. The van der Waals surface area contributed by atoms with Crippen LogP contribution in [0.15, 0.2) is 24.3 Å². The maximum absolute atomic E-state index is 12.0. The minimum absolute atomic E-state index is 0.0526. The molecule has 0 N–H and O–H groups in total. The molecular formula is C19H26O5. The standard InChI is InChI=1S/C19H26O5/c1-18(2,3)24-16(20)10-7-14-5-8-15(9-6-14)17(21)23-13-19(4)11-22-12-19/h5-6,8-9H,7,10-13H2,1-4H3. The van der Waals surface area contributed by atoms with Gasteiger partial charge in [-0.15, -0.1) is 0 Å². The number of esters is 2. The number of ether oxygens (including phenoxy) is 3. The second-order valence-electron chi connectivity index (χ2n) is 7.66. The molecule has 5 heteroatoms. The van der Waals surface area contributed by atoms with E-state index < -0.39 is 5.60 Å². The van der Waals surface area contributed by atoms with Crippen molar-refractivity contribution in [1.29, 1.82) is 0 Å². The zero-order chi connectivity index (χ0) is 17.8. The van der Waals surface area contributed by atoms with Crippen LogP contribution in [-0.2, 0) is 25.4 Å². The van der Waals surface area contributed by atoms with Gasteiger partial charge in [0.25, 0.3) is 0 Å². The molecule has 1 aliphatic rings. The molecule has 0 atom stereocenters. The van der Waals surface area contributed by atoms with Gasteiger partial charge in [-0.3, -0.25) is 4.79 Å². The van der Waals surface area contributed by atoms with Crippen molar-refractivity contribution in [2.45, 2.75) is 46.1 Å². The molecular weight excluding hydrogens is 308 g/mol. The second-order valence-corrected chi connectivity index (χ2v) is 7.66. The summed E-state index contributed by atoms with van der Waals surface area (Å²) in [5.41, 5.74) is 0.979. The molecule has 2 rings (SSSR count). The summed E-state index contributed by atoms with van der Waals surface area (Å²) in [6.45, 7) is 9.20. The molecule has 1 saturated heterocycles. The van der Waals surface area contributed by atoms with Gasteiger partial charge in [0, 0.05) is 11.8 Å². The molecule has 0 radical (unpaired) electrons. The molecule has 0 saturated carbocycles. The lowest BCUT2D eigenvalue weighted by Gasteiger charge is -2.37. The monoisotopic (exact) mass is 334 g/mol. The number of carbonyl (C=O) groups excluding carboxylic acids is 2. The maximum Gasteiger partial charge on any atom is 0.338 e. The van der Waals surface area contributed by atoms with E-state index in [4.69, 9.17) is 14.2 Å². The molecule has 1 fully saturated rings. The van der Waals surface area contributed by atoms with Crippen LogP contribution >= 0.6 is 0 Å². The van der Waals surface area contributed by atoms with Crippen molar-refractivity contribution in [1.82, 2.24) is 0 Å². The first-order valence-corrected chi connectivity index (χ1v) is 8.23. The first-order valence-electron chi connectivity index (χ1n) is 8.23. The van der Waals surface area contributed by atoms with E-state index in [1.165, 1.54) is 0 Å². The molecule has 1 aromatic carbocycles. The summed E-state index contributed by atoms with van der Waals surface area (Å²) in [5, 5.41) is 0. The van der Waals surface area contributed by atoms with Crippen LogP contribution in [0.3, 0.4) is 0 Å². The van der Waals surface area contributed by atoms with Crippen LogP contribution in [0, 0.1) is 5.41 Å². The largest absolute Gasteiger partial charge is 0.461 e. The molecule has 132 valence electrons. The van der Waals surface area contributed by atoms with Gasteiger partial charge < -0.3 is 14.2 Å². The van der Waals surface area contributed by atoms with Gasteiger partial charge in [0.05, 0.1) is 18.8 Å². The van der Waals surface area contributed by atoms with E-state index in [2.05, 4.69) is 0 Å². The molecule has 0 aromatic heterocycles. The lowest BCUT2D eigenvalue weighted by Crippen LogP contribution is -2.44. The Morgan fingerprint density at radius 2 is 1.79 bits per heavy atom. The van der Waals surface area contributed by atoms with Crippen molar-refractivity contribution in [3.8, 4) is 0 Å². The molecule has 0 amide bonds. The third kappa shape index (κ3) is 5.64. The van der Waals surface area contributed by atoms with Crippen molar-refractivity contribution in [2.75, 3.05) is 19.8 Å². The quantitative estimate of drug-likeness (QED) is 0.748. The summed E-state index contributed by atoms with van der Waals surface area (Å²) in [4.78, 5) is 23.7. The molecule has 1 aromatic rings. The smallest absolute Gasteiger partial charge is 0.338 e. The highest BCUT2D eigenvalue weighted by atomic mass is 16.6. The van der Waals surface area contributed by atoms with E-state index in [1.54, 1.807) is 12.1 Å². The minimum atomic E-state index is -0.465. The fourth-order valence-corrected chi connectivity index (χ4v) is 2.30. The summed E-state index contributed by atoms with van der Waals surface area (Å²) in [7, 11) is 0. The second kappa shape index (κ2) is 7.34. The van der Waals surface area contributed by atoms with E-state index in [0.717, 1.165) is 5.56 Å². The van der Waals surface area contributed by atoms with Crippen LogP contribution in [0.4, 0.5) is 0 Å². The molecule has 0 aliphatic carbocycles. The van der Waals surface area contributed by atoms with E-state index in [1.807, 2.05) is 39.8 Å². The van der Waals surface area contributed by atoms with E-state index >= 15 is 0 Å². The number of rotatable bonds is 6. The van der Waals surface area contributed by atoms with E-state index in [9.17, 15) is 9.59 Å². The predicted molar refractivity (Wildman–Crippen MR) is 89.8 cm³/mol. The van der Waals surface area contributed by atoms with Crippen LogP contribution in [0.5, 0.6) is 0 Å². The van der Waals surface area contributed by atoms with E-state index in [-0.39, 0.29) is 17.4 Å². The number of aryl methyl sites for hydroxylation is 1. The lowest BCUT2D eigenvalue weighted by molar-refractivity contribution is -0.154. The highest BCUT2D eigenvalue weighted by molar-refractivity contribution is 5.89. The molecule has 1 heterocycles. The van der Waals surface area contributed by atoms with Crippen LogP contribution in [-0.4, -0.2) is 37.4 Å². The lowest BCUT2D eigenvalue weighted by atomic mass is 9.90. The van der Waals surface area contributed by atoms with Gasteiger partial charge in [-0.1, -0.05) is 19.1 Å². The highest BCUT2D eigenvalue weighted by Gasteiger charge is 2.34. The Kier molecular flexibility index (Phi) is 5.65. The Balaban J connectivity index is 1.79. The maximum atomic E-state index is 12.0. The Hall–Kier alpha value is -1.88. The Morgan fingerprint density at radius 3 is 2.29 bits per heavy atom. The minimum Gasteiger partial charge on any atom is -0.461 e. The van der Waals surface area contributed by atoms with Gasteiger partial charge in [-0.05, 0) is 44.9 Å². The third-order valence-corrected chi connectivity index (χ3v) is 3.68. The Morgan fingerprint density at radius 1 is 1.17 bits per heavy atom. The number of carbonyl (C=O) groups is 2. The van der Waals surface area contributed by atoms with Crippen LogP contribution in [0.1, 0.15) is 50.0 Å². The average Bonchev–Trinajstić information content (AvgIpc) is 2.47. The van der Waals surface area contributed by atoms with Crippen molar-refractivity contribution in [3.63, 3.8) is 0 Å². The van der Waals surface area contributed by atoms with Gasteiger partial charge in [0.2, 0.25) is 0 Å². The van der Waals surface area contributed by atoms with Gasteiger partial charge in [-0.2, -0.15) is 0 Å². The topological polar surface area (TPSA) is 61.8 Å². The average molecular weight is 334 g/mol. The van der Waals surface area contributed by atoms with Gasteiger partial charge in [-0.25, -0.2) is 4.79 Å². The van der Waals surface area contributed by atoms with E-state index in [0.29, 0.717) is 38.2 Å². The number of hydrogen-bond acceptors (Lipinski definition) is 5. The highest BCUT2D eigenvalue weighted by Crippen LogP contribution is 2.26. The third-order valence-electron chi connectivity index (χ3n) is 3.68. The fourth-order valence-electron chi connectivity index (χ4n) is 2.30. The van der Waals surface area contributed by atoms with Gasteiger partial charge in [0.1, 0.15) is 12.2 Å². The molecule has 0 unspecified atom stereocenters. The molecule has 0 spiro atoms. The van der Waals surface area contributed by atoms with Gasteiger partial charge in [0.15, 0.2) is 0 Å². The normalized spacial score (nSPS) is 16.2. The van der Waals surface area contributed by atoms with Gasteiger partial charge >= 0.3 is 11.9 Å². The SMILES string of the molecule is CC1(COC(=O)c2ccc(CCC(=O)OC(C)(C)C)cc2)COC1. The zero-order valence-corrected chi connectivity index (χ0v) is 14.9. The van der Waals surface area contributed by atoms with Crippen LogP contribution < -0.4 is 0 Å². The number of hydrogen-bond donors (Lipinski definition) is 0. The summed E-state index contributed by atoms with van der Waals surface area (Å²) in [6, 6.07) is 7.14. The predicted octanol–water partition coefficient (Wildman–Crippen LogP) is 3.15. The van der Waals surface area contributed by atoms with Crippen molar-refractivity contribution in [2.24, 2.45) is 5.41 Å². The molecule has 24 heavy (non-hydrogen) atoms. The van der Waals surface area contributed by atoms with Crippen LogP contribution in [0.25, 0.3) is 0 Å².